The number of hydrogen-bond donors (Lipinski definition) is 2. The number of benzene rings is 1. The molecule has 9 nitrogen and oxygen atoms in total. The van der Waals surface area contributed by atoms with Crippen molar-refractivity contribution < 1.29 is 23.1 Å². The van der Waals surface area contributed by atoms with Crippen molar-refractivity contribution in [1.29, 1.82) is 0 Å². The molecule has 0 aliphatic carbocycles. The van der Waals surface area contributed by atoms with E-state index >= 15 is 0 Å². The van der Waals surface area contributed by atoms with Crippen molar-refractivity contribution in [3.05, 3.63) is 54.2 Å². The van der Waals surface area contributed by atoms with Gasteiger partial charge in [-0.3, -0.25) is 9.59 Å². The van der Waals surface area contributed by atoms with E-state index in [0.717, 1.165) is 4.31 Å². The van der Waals surface area contributed by atoms with Gasteiger partial charge in [0.2, 0.25) is 5.91 Å². The number of rotatable bonds is 5. The van der Waals surface area contributed by atoms with Crippen LogP contribution in [0.2, 0.25) is 0 Å². The normalized spacial score (nSPS) is 22.8. The highest BCUT2D eigenvalue weighted by Gasteiger charge is 2.54. The number of aromatic nitrogens is 1. The Hall–Kier alpha value is -2.82. The number of carbonyl (C=O) groups excluding carboxylic acids is 2. The smallest absolute Gasteiger partial charge is 0.261 e. The lowest BCUT2D eigenvalue weighted by atomic mass is 10.0. The number of aromatic hydroxyl groups is 1. The molecule has 0 radical (unpaired) electrons. The lowest BCUT2D eigenvalue weighted by Gasteiger charge is -2.26. The number of amides is 1. The molecule has 10 heteroatoms. The Kier molecular flexibility index (Phi) is 5.31. The van der Waals surface area contributed by atoms with Crippen LogP contribution < -0.4 is 5.73 Å². The molecule has 2 fully saturated rings. The minimum atomic E-state index is -3.94. The molecule has 0 bridgehead atoms. The van der Waals surface area contributed by atoms with Crippen LogP contribution in [0.4, 0.5) is 0 Å². The van der Waals surface area contributed by atoms with E-state index < -0.39 is 34.1 Å². The zero-order valence-corrected chi connectivity index (χ0v) is 16.9. The molecule has 0 spiro atoms. The minimum absolute atomic E-state index is 0.0785. The maximum atomic E-state index is 13.0. The van der Waals surface area contributed by atoms with Crippen LogP contribution >= 0.6 is 0 Å². The number of carbonyl (C=O) groups is 2. The number of likely N-dealkylation sites (tertiary alicyclic amines) is 1. The summed E-state index contributed by atoms with van der Waals surface area (Å²) >= 11 is 0. The van der Waals surface area contributed by atoms with E-state index in [1.54, 1.807) is 24.3 Å². The van der Waals surface area contributed by atoms with Gasteiger partial charge in [0.05, 0.1) is 18.6 Å². The summed E-state index contributed by atoms with van der Waals surface area (Å²) in [5, 5.41) is 9.46. The zero-order chi connectivity index (χ0) is 21.5. The highest BCUT2D eigenvalue weighted by atomic mass is 32.2. The molecule has 2 aliphatic heterocycles. The third-order valence-corrected chi connectivity index (χ3v) is 7.34. The van der Waals surface area contributed by atoms with Crippen LogP contribution in [0.3, 0.4) is 0 Å². The fourth-order valence-electron chi connectivity index (χ4n) is 4.20. The molecule has 0 saturated carbocycles. The van der Waals surface area contributed by atoms with Crippen LogP contribution in [-0.2, 0) is 26.0 Å². The number of hydrogen-bond acceptors (Lipinski definition) is 7. The van der Waals surface area contributed by atoms with Crippen molar-refractivity contribution >= 4 is 21.7 Å². The fraction of sp³-hybridized carbons (Fsp3) is 0.350. The van der Waals surface area contributed by atoms with Crippen molar-refractivity contribution in [3.63, 3.8) is 0 Å². The topological polar surface area (TPSA) is 134 Å². The summed E-state index contributed by atoms with van der Waals surface area (Å²) in [5.41, 5.74) is 6.79. The summed E-state index contributed by atoms with van der Waals surface area (Å²) in [6.45, 7) is -0.0400. The second-order valence-corrected chi connectivity index (χ2v) is 9.33. The monoisotopic (exact) mass is 430 g/mol. The van der Waals surface area contributed by atoms with E-state index in [1.807, 2.05) is 0 Å². The molecule has 30 heavy (non-hydrogen) atoms. The van der Waals surface area contributed by atoms with Gasteiger partial charge in [-0.1, -0.05) is 18.2 Å². The van der Waals surface area contributed by atoms with Gasteiger partial charge in [-0.25, -0.2) is 13.4 Å². The summed E-state index contributed by atoms with van der Waals surface area (Å²) in [4.78, 5) is 31.0. The number of nitrogens with zero attached hydrogens (tertiary/aromatic N) is 3. The summed E-state index contributed by atoms with van der Waals surface area (Å²) in [5.74, 6) is -0.652. The molecule has 1 aromatic carbocycles. The molecule has 4 rings (SSSR count). The lowest BCUT2D eigenvalue weighted by molar-refractivity contribution is -0.137. The predicted molar refractivity (Wildman–Crippen MR) is 107 cm³/mol. The van der Waals surface area contributed by atoms with Gasteiger partial charge in [0.25, 0.3) is 10.0 Å². The average Bonchev–Trinajstić information content (AvgIpc) is 3.30. The molecule has 3 N–H and O–H groups in total. The van der Waals surface area contributed by atoms with E-state index in [9.17, 15) is 23.1 Å². The van der Waals surface area contributed by atoms with Gasteiger partial charge in [-0.15, -0.1) is 0 Å². The standard InChI is InChI=1S/C20H22N4O5S/c21-15(11-13-4-3-5-14(25)10-13)20(27)23-9-7-16-19(23)17(26)12-24(16)30(28,29)18-6-1-2-8-22-18/h1-6,8,10,15-16,19,25H,7,9,11-12,21H2. The Balaban J connectivity index is 1.52. The van der Waals surface area contributed by atoms with Crippen molar-refractivity contribution in [2.24, 2.45) is 5.73 Å². The van der Waals surface area contributed by atoms with Crippen LogP contribution in [0.1, 0.15) is 12.0 Å². The summed E-state index contributed by atoms with van der Waals surface area (Å²) < 4.78 is 27.1. The van der Waals surface area contributed by atoms with E-state index in [-0.39, 0.29) is 36.1 Å². The number of fused-ring (bicyclic) bond motifs is 1. The van der Waals surface area contributed by atoms with Gasteiger partial charge in [0.1, 0.15) is 11.8 Å². The first kappa shape index (κ1) is 20.5. The van der Waals surface area contributed by atoms with Gasteiger partial charge >= 0.3 is 0 Å². The number of Topliss-reactive ketones (excluding diaryl/α,β-unsaturated/α-hetero) is 1. The highest BCUT2D eigenvalue weighted by Crippen LogP contribution is 2.33. The van der Waals surface area contributed by atoms with Crippen molar-refractivity contribution in [1.82, 2.24) is 14.2 Å². The summed E-state index contributed by atoms with van der Waals surface area (Å²) in [6.07, 6.45) is 1.94. The summed E-state index contributed by atoms with van der Waals surface area (Å²) in [7, 11) is -3.94. The van der Waals surface area contributed by atoms with E-state index in [1.165, 1.54) is 29.3 Å². The van der Waals surface area contributed by atoms with Gasteiger partial charge in [-0.2, -0.15) is 4.31 Å². The Morgan fingerprint density at radius 3 is 2.77 bits per heavy atom. The van der Waals surface area contributed by atoms with E-state index in [0.29, 0.717) is 12.0 Å². The summed E-state index contributed by atoms with van der Waals surface area (Å²) in [6, 6.07) is 8.66. The SMILES string of the molecule is NC(Cc1cccc(O)c1)C(=O)N1CCC2C1C(=O)CN2S(=O)(=O)c1ccccn1. The molecule has 3 heterocycles. The maximum Gasteiger partial charge on any atom is 0.261 e. The number of nitrogens with two attached hydrogens (primary N) is 1. The molecule has 2 aromatic rings. The first-order chi connectivity index (χ1) is 14.3. The Labute approximate surface area is 174 Å². The lowest BCUT2D eigenvalue weighted by Crippen LogP contribution is -2.50. The van der Waals surface area contributed by atoms with Crippen LogP contribution in [0.25, 0.3) is 0 Å². The Morgan fingerprint density at radius 1 is 1.27 bits per heavy atom. The van der Waals surface area contributed by atoms with Crippen LogP contribution in [0, 0.1) is 0 Å². The maximum absolute atomic E-state index is 13.0. The molecule has 158 valence electrons. The Morgan fingerprint density at radius 2 is 2.07 bits per heavy atom. The molecule has 3 unspecified atom stereocenters. The molecule has 2 saturated heterocycles. The molecule has 3 atom stereocenters. The van der Waals surface area contributed by atoms with Crippen LogP contribution in [0.15, 0.2) is 53.7 Å². The van der Waals surface area contributed by atoms with Gasteiger partial charge in [-0.05, 0) is 42.7 Å². The fourth-order valence-corrected chi connectivity index (χ4v) is 5.76. The van der Waals surface area contributed by atoms with Crippen molar-refractivity contribution in [2.75, 3.05) is 13.1 Å². The number of phenols is 1. The molecule has 1 aromatic heterocycles. The van der Waals surface area contributed by atoms with Crippen LogP contribution in [-0.4, -0.2) is 70.6 Å². The zero-order valence-electron chi connectivity index (χ0n) is 16.1. The second-order valence-electron chi connectivity index (χ2n) is 7.50. The molecule has 2 aliphatic rings. The van der Waals surface area contributed by atoms with Gasteiger partial charge in [0, 0.05) is 12.7 Å². The van der Waals surface area contributed by atoms with E-state index in [4.69, 9.17) is 5.73 Å². The number of sulfonamides is 1. The highest BCUT2D eigenvalue weighted by molar-refractivity contribution is 7.89. The van der Waals surface area contributed by atoms with Gasteiger partial charge in [0.15, 0.2) is 10.8 Å². The van der Waals surface area contributed by atoms with Gasteiger partial charge < -0.3 is 15.7 Å². The molecule has 1 amide bonds. The molecular weight excluding hydrogens is 408 g/mol. The van der Waals surface area contributed by atoms with Crippen molar-refractivity contribution in [2.45, 2.75) is 36.0 Å². The first-order valence-electron chi connectivity index (χ1n) is 9.58. The number of pyridine rings is 1. The first-order valence-corrected chi connectivity index (χ1v) is 11.0. The van der Waals surface area contributed by atoms with E-state index in [2.05, 4.69) is 4.98 Å². The average molecular weight is 430 g/mol. The second kappa shape index (κ2) is 7.78. The minimum Gasteiger partial charge on any atom is -0.508 e. The third-order valence-electron chi connectivity index (χ3n) is 5.55. The van der Waals surface area contributed by atoms with Crippen LogP contribution in [0.5, 0.6) is 5.75 Å². The quantitative estimate of drug-likeness (QED) is 0.676. The largest absolute Gasteiger partial charge is 0.508 e. The predicted octanol–water partition coefficient (Wildman–Crippen LogP) is -0.0999. The number of ketones is 1. The third kappa shape index (κ3) is 3.57. The van der Waals surface area contributed by atoms with Crippen molar-refractivity contribution in [3.8, 4) is 5.75 Å². The number of phenolic OH excluding ortho intramolecular Hbond substituents is 1. The Bertz CT molecular complexity index is 1080. The molecular formula is C20H22N4O5S.